The van der Waals surface area contributed by atoms with Crippen molar-refractivity contribution in [3.8, 4) is 5.75 Å². The molecule has 0 fully saturated rings. The first-order valence-corrected chi connectivity index (χ1v) is 5.18. The van der Waals surface area contributed by atoms with Gasteiger partial charge in [0.2, 0.25) is 0 Å². The van der Waals surface area contributed by atoms with Gasteiger partial charge in [-0.05, 0) is 24.6 Å². The van der Waals surface area contributed by atoms with E-state index < -0.39 is 5.41 Å². The predicted molar refractivity (Wildman–Crippen MR) is 60.4 cm³/mol. The molecular formula is C12H18O4. The fraction of sp³-hybridized carbons (Fsp3) is 0.500. The summed E-state index contributed by atoms with van der Waals surface area (Å²) >= 11 is 0. The fourth-order valence-corrected chi connectivity index (χ4v) is 1.23. The summed E-state index contributed by atoms with van der Waals surface area (Å²) in [6, 6.07) is 7.47. The van der Waals surface area contributed by atoms with Crippen LogP contribution < -0.4 is 4.74 Å². The average molecular weight is 226 g/mol. The van der Waals surface area contributed by atoms with Crippen molar-refractivity contribution in [2.24, 2.45) is 5.41 Å². The van der Waals surface area contributed by atoms with Crippen LogP contribution in [0.5, 0.6) is 5.75 Å². The van der Waals surface area contributed by atoms with Crippen molar-refractivity contribution in [2.75, 3.05) is 26.4 Å². The lowest BCUT2D eigenvalue weighted by Gasteiger charge is -2.27. The van der Waals surface area contributed by atoms with E-state index in [1.54, 1.807) is 6.07 Å². The van der Waals surface area contributed by atoms with Crippen LogP contribution in [0, 0.1) is 12.3 Å². The third-order valence-electron chi connectivity index (χ3n) is 2.54. The molecule has 3 N–H and O–H groups in total. The van der Waals surface area contributed by atoms with Gasteiger partial charge in [0.1, 0.15) is 12.4 Å². The van der Waals surface area contributed by atoms with Gasteiger partial charge in [-0.3, -0.25) is 0 Å². The molecule has 0 saturated heterocycles. The van der Waals surface area contributed by atoms with Gasteiger partial charge in [-0.15, -0.1) is 0 Å². The molecule has 4 heteroatoms. The van der Waals surface area contributed by atoms with Crippen LogP contribution in [0.1, 0.15) is 5.56 Å². The lowest BCUT2D eigenvalue weighted by Crippen LogP contribution is -2.39. The maximum Gasteiger partial charge on any atom is 0.119 e. The Balaban J connectivity index is 2.62. The van der Waals surface area contributed by atoms with Crippen LogP contribution in [0.25, 0.3) is 0 Å². The van der Waals surface area contributed by atoms with Crippen molar-refractivity contribution in [2.45, 2.75) is 6.92 Å². The van der Waals surface area contributed by atoms with Crippen molar-refractivity contribution in [3.63, 3.8) is 0 Å². The third kappa shape index (κ3) is 3.20. The summed E-state index contributed by atoms with van der Waals surface area (Å²) < 4.78 is 5.44. The Morgan fingerprint density at radius 1 is 1.12 bits per heavy atom. The van der Waals surface area contributed by atoms with Gasteiger partial charge in [-0.1, -0.05) is 12.1 Å². The summed E-state index contributed by atoms with van der Waals surface area (Å²) in [4.78, 5) is 0. The van der Waals surface area contributed by atoms with E-state index in [0.29, 0.717) is 5.75 Å². The standard InChI is InChI=1S/C12H18O4/c1-10-3-2-4-11(5-10)16-9-12(6-13,7-14)8-15/h2-5,13-15H,6-9H2,1H3. The van der Waals surface area contributed by atoms with Gasteiger partial charge in [0.15, 0.2) is 0 Å². The molecule has 0 aliphatic rings. The fourth-order valence-electron chi connectivity index (χ4n) is 1.23. The first-order chi connectivity index (χ1) is 7.65. The first-order valence-electron chi connectivity index (χ1n) is 5.18. The van der Waals surface area contributed by atoms with Gasteiger partial charge in [0, 0.05) is 0 Å². The second-order valence-electron chi connectivity index (χ2n) is 4.08. The average Bonchev–Trinajstić information content (AvgIpc) is 2.32. The summed E-state index contributed by atoms with van der Waals surface area (Å²) in [5, 5.41) is 27.3. The molecule has 0 amide bonds. The van der Waals surface area contributed by atoms with Crippen molar-refractivity contribution < 1.29 is 20.1 Å². The van der Waals surface area contributed by atoms with Crippen LogP contribution in [0.4, 0.5) is 0 Å². The zero-order chi connectivity index (χ0) is 12.0. The quantitative estimate of drug-likeness (QED) is 0.654. The molecule has 4 nitrogen and oxygen atoms in total. The van der Waals surface area contributed by atoms with Crippen LogP contribution in [-0.4, -0.2) is 41.7 Å². The van der Waals surface area contributed by atoms with E-state index in [9.17, 15) is 0 Å². The smallest absolute Gasteiger partial charge is 0.119 e. The number of aliphatic hydroxyl groups is 3. The summed E-state index contributed by atoms with van der Waals surface area (Å²) in [7, 11) is 0. The van der Waals surface area contributed by atoms with Gasteiger partial charge < -0.3 is 20.1 Å². The van der Waals surface area contributed by atoms with Gasteiger partial charge in [-0.2, -0.15) is 0 Å². The number of aliphatic hydroxyl groups excluding tert-OH is 3. The molecule has 0 aromatic heterocycles. The Morgan fingerprint density at radius 3 is 2.25 bits per heavy atom. The van der Waals surface area contributed by atoms with E-state index >= 15 is 0 Å². The minimum Gasteiger partial charge on any atom is -0.493 e. The van der Waals surface area contributed by atoms with Gasteiger partial charge in [0.05, 0.1) is 25.2 Å². The van der Waals surface area contributed by atoms with E-state index in [0.717, 1.165) is 5.56 Å². The van der Waals surface area contributed by atoms with Gasteiger partial charge in [0.25, 0.3) is 0 Å². The molecule has 0 bridgehead atoms. The van der Waals surface area contributed by atoms with Crippen LogP contribution in [-0.2, 0) is 0 Å². The molecule has 16 heavy (non-hydrogen) atoms. The highest BCUT2D eigenvalue weighted by atomic mass is 16.5. The largest absolute Gasteiger partial charge is 0.493 e. The van der Waals surface area contributed by atoms with E-state index in [2.05, 4.69) is 0 Å². The van der Waals surface area contributed by atoms with Crippen molar-refractivity contribution in [3.05, 3.63) is 29.8 Å². The Labute approximate surface area is 95.1 Å². The minimum absolute atomic E-state index is 0.0833. The van der Waals surface area contributed by atoms with Crippen molar-refractivity contribution in [1.82, 2.24) is 0 Å². The molecule has 0 aliphatic carbocycles. The summed E-state index contributed by atoms with van der Waals surface area (Å²) in [6.45, 7) is 1.09. The number of hydrogen-bond acceptors (Lipinski definition) is 4. The zero-order valence-electron chi connectivity index (χ0n) is 9.39. The number of benzene rings is 1. The maximum absolute atomic E-state index is 9.11. The summed E-state index contributed by atoms with van der Waals surface area (Å²) in [5.74, 6) is 0.666. The number of rotatable bonds is 6. The van der Waals surface area contributed by atoms with E-state index in [-0.39, 0.29) is 26.4 Å². The van der Waals surface area contributed by atoms with Crippen LogP contribution >= 0.6 is 0 Å². The summed E-state index contributed by atoms with van der Waals surface area (Å²) in [5.41, 5.74) is 0.0871. The Hall–Kier alpha value is -1.10. The Bertz CT molecular complexity index is 312. The van der Waals surface area contributed by atoms with Crippen molar-refractivity contribution in [1.29, 1.82) is 0 Å². The first kappa shape index (κ1) is 13.0. The highest BCUT2D eigenvalue weighted by Crippen LogP contribution is 2.19. The molecule has 0 atom stereocenters. The monoisotopic (exact) mass is 226 g/mol. The molecule has 1 aromatic rings. The maximum atomic E-state index is 9.11. The van der Waals surface area contributed by atoms with Crippen LogP contribution in [0.3, 0.4) is 0 Å². The Morgan fingerprint density at radius 2 is 1.75 bits per heavy atom. The molecule has 1 aromatic carbocycles. The van der Waals surface area contributed by atoms with Crippen molar-refractivity contribution >= 4 is 0 Å². The summed E-state index contributed by atoms with van der Waals surface area (Å²) in [6.07, 6.45) is 0. The van der Waals surface area contributed by atoms with Gasteiger partial charge in [-0.25, -0.2) is 0 Å². The molecule has 90 valence electrons. The van der Waals surface area contributed by atoms with Gasteiger partial charge >= 0.3 is 0 Å². The minimum atomic E-state index is -0.982. The second kappa shape index (κ2) is 5.84. The van der Waals surface area contributed by atoms with Crippen LogP contribution in [0.2, 0.25) is 0 Å². The molecule has 1 rings (SSSR count). The van der Waals surface area contributed by atoms with E-state index in [4.69, 9.17) is 20.1 Å². The SMILES string of the molecule is Cc1cccc(OCC(CO)(CO)CO)c1. The lowest BCUT2D eigenvalue weighted by atomic mass is 9.93. The molecule has 0 unspecified atom stereocenters. The third-order valence-corrected chi connectivity index (χ3v) is 2.54. The van der Waals surface area contributed by atoms with Crippen LogP contribution in [0.15, 0.2) is 24.3 Å². The predicted octanol–water partition coefficient (Wildman–Crippen LogP) is 0.337. The molecule has 0 heterocycles. The normalized spacial score (nSPS) is 11.5. The molecule has 0 saturated carbocycles. The molecular weight excluding hydrogens is 208 g/mol. The topological polar surface area (TPSA) is 69.9 Å². The number of hydrogen-bond donors (Lipinski definition) is 3. The second-order valence-corrected chi connectivity index (χ2v) is 4.08. The lowest BCUT2D eigenvalue weighted by molar-refractivity contribution is -0.0258. The van der Waals surface area contributed by atoms with E-state index in [1.165, 1.54) is 0 Å². The molecule has 0 radical (unpaired) electrons. The number of ether oxygens (including phenoxy) is 1. The molecule has 0 aliphatic heterocycles. The Kier molecular flexibility index (Phi) is 4.73. The molecule has 0 spiro atoms. The highest BCUT2D eigenvalue weighted by Gasteiger charge is 2.29. The number of aryl methyl sites for hydroxylation is 1. The zero-order valence-corrected chi connectivity index (χ0v) is 9.39. The van der Waals surface area contributed by atoms with E-state index in [1.807, 2.05) is 25.1 Å². The highest BCUT2D eigenvalue weighted by molar-refractivity contribution is 5.27.